The fourth-order valence-electron chi connectivity index (χ4n) is 2.87. The lowest BCUT2D eigenvalue weighted by molar-refractivity contribution is 0.101. The minimum atomic E-state index is -0.313. The molecule has 5 heteroatoms. The van der Waals surface area contributed by atoms with Crippen molar-refractivity contribution in [1.82, 2.24) is 0 Å². The highest BCUT2D eigenvalue weighted by molar-refractivity contribution is 6.07. The zero-order valence-electron chi connectivity index (χ0n) is 16.6. The summed E-state index contributed by atoms with van der Waals surface area (Å²) in [6, 6.07) is 18.9. The van der Waals surface area contributed by atoms with Gasteiger partial charge in [0.15, 0.2) is 5.78 Å². The number of carbonyl (C=O) groups excluding carboxylic acids is 3. The zero-order valence-corrected chi connectivity index (χ0v) is 16.6. The third-order valence-electron chi connectivity index (χ3n) is 4.79. The Kier molecular flexibility index (Phi) is 5.88. The van der Waals surface area contributed by atoms with Crippen LogP contribution in [0, 0.1) is 13.8 Å². The number of ketones is 1. The Bertz CT molecular complexity index is 1090. The van der Waals surface area contributed by atoms with Crippen molar-refractivity contribution in [2.24, 2.45) is 0 Å². The molecular weight excluding hydrogens is 364 g/mol. The molecule has 0 aromatic heterocycles. The van der Waals surface area contributed by atoms with E-state index in [1.165, 1.54) is 6.92 Å². The summed E-state index contributed by atoms with van der Waals surface area (Å²) in [7, 11) is 0. The molecule has 0 spiro atoms. The molecule has 0 aliphatic carbocycles. The van der Waals surface area contributed by atoms with Crippen molar-refractivity contribution in [3.8, 4) is 0 Å². The number of aryl methyl sites for hydroxylation is 1. The van der Waals surface area contributed by atoms with Crippen LogP contribution in [0.3, 0.4) is 0 Å². The van der Waals surface area contributed by atoms with Crippen LogP contribution in [-0.2, 0) is 0 Å². The van der Waals surface area contributed by atoms with Crippen LogP contribution < -0.4 is 10.6 Å². The number of hydrogen-bond acceptors (Lipinski definition) is 3. The van der Waals surface area contributed by atoms with Gasteiger partial charge in [-0.2, -0.15) is 0 Å². The molecule has 3 aromatic carbocycles. The summed E-state index contributed by atoms with van der Waals surface area (Å²) >= 11 is 0. The molecular formula is C24H22N2O3. The summed E-state index contributed by atoms with van der Waals surface area (Å²) in [5.41, 5.74) is 4.83. The van der Waals surface area contributed by atoms with Gasteiger partial charge in [-0.25, -0.2) is 0 Å². The van der Waals surface area contributed by atoms with E-state index in [0.29, 0.717) is 22.4 Å². The quantitative estimate of drug-likeness (QED) is 0.605. The summed E-state index contributed by atoms with van der Waals surface area (Å²) in [6.45, 7) is 5.42. The summed E-state index contributed by atoms with van der Waals surface area (Å²) in [6.07, 6.45) is 0. The van der Waals surface area contributed by atoms with E-state index in [1.807, 2.05) is 32.0 Å². The number of nitrogens with one attached hydrogen (secondary N) is 2. The largest absolute Gasteiger partial charge is 0.322 e. The number of amides is 2. The molecule has 3 aromatic rings. The molecule has 0 unspecified atom stereocenters. The Balaban J connectivity index is 1.70. The first-order valence-electron chi connectivity index (χ1n) is 9.25. The van der Waals surface area contributed by atoms with Crippen LogP contribution >= 0.6 is 0 Å². The highest BCUT2D eigenvalue weighted by Crippen LogP contribution is 2.19. The van der Waals surface area contributed by atoms with Gasteiger partial charge in [-0.1, -0.05) is 24.3 Å². The fourth-order valence-corrected chi connectivity index (χ4v) is 2.87. The molecule has 0 aliphatic heterocycles. The zero-order chi connectivity index (χ0) is 21.0. The first-order chi connectivity index (χ1) is 13.8. The van der Waals surface area contributed by atoms with E-state index in [0.717, 1.165) is 16.8 Å². The maximum atomic E-state index is 12.5. The number of Topliss-reactive ketones (excluding diaryl/α,β-unsaturated/α-hetero) is 1. The Labute approximate surface area is 169 Å². The molecule has 3 rings (SSSR count). The molecule has 0 fully saturated rings. The predicted molar refractivity (Wildman–Crippen MR) is 115 cm³/mol. The van der Waals surface area contributed by atoms with E-state index in [1.54, 1.807) is 48.5 Å². The van der Waals surface area contributed by atoms with Gasteiger partial charge in [0.2, 0.25) is 0 Å². The van der Waals surface area contributed by atoms with E-state index in [2.05, 4.69) is 10.6 Å². The van der Waals surface area contributed by atoms with Crippen LogP contribution in [0.25, 0.3) is 0 Å². The average molecular weight is 386 g/mol. The van der Waals surface area contributed by atoms with E-state index in [4.69, 9.17) is 0 Å². The normalized spacial score (nSPS) is 10.3. The molecule has 2 amide bonds. The van der Waals surface area contributed by atoms with Crippen molar-refractivity contribution < 1.29 is 14.4 Å². The van der Waals surface area contributed by atoms with E-state index in [9.17, 15) is 14.4 Å². The third-order valence-corrected chi connectivity index (χ3v) is 4.79. The second-order valence-electron chi connectivity index (χ2n) is 6.87. The lowest BCUT2D eigenvalue weighted by Gasteiger charge is -2.11. The Morgan fingerprint density at radius 3 is 1.90 bits per heavy atom. The first kappa shape index (κ1) is 20.0. The molecule has 146 valence electrons. The van der Waals surface area contributed by atoms with E-state index >= 15 is 0 Å². The Morgan fingerprint density at radius 2 is 1.28 bits per heavy atom. The van der Waals surface area contributed by atoms with Crippen molar-refractivity contribution in [2.75, 3.05) is 10.6 Å². The smallest absolute Gasteiger partial charge is 0.255 e. The van der Waals surface area contributed by atoms with Crippen LogP contribution in [0.1, 0.15) is 49.1 Å². The highest BCUT2D eigenvalue weighted by atomic mass is 16.2. The minimum absolute atomic E-state index is 0.0692. The van der Waals surface area contributed by atoms with Crippen LogP contribution in [-0.4, -0.2) is 17.6 Å². The van der Waals surface area contributed by atoms with Crippen LogP contribution in [0.5, 0.6) is 0 Å². The maximum Gasteiger partial charge on any atom is 0.255 e. The minimum Gasteiger partial charge on any atom is -0.322 e. The predicted octanol–water partition coefficient (Wildman–Crippen LogP) is 5.01. The van der Waals surface area contributed by atoms with Gasteiger partial charge in [-0.3, -0.25) is 14.4 Å². The SMILES string of the molecule is CC(=O)c1cccc(NC(=O)c2ccc(C(=O)Nc3cccc(C)c3C)cc2)c1. The maximum absolute atomic E-state index is 12.5. The molecule has 0 bridgehead atoms. The van der Waals surface area contributed by atoms with Crippen molar-refractivity contribution in [2.45, 2.75) is 20.8 Å². The highest BCUT2D eigenvalue weighted by Gasteiger charge is 2.11. The molecule has 2 N–H and O–H groups in total. The number of rotatable bonds is 5. The Hall–Kier alpha value is -3.73. The van der Waals surface area contributed by atoms with Crippen LogP contribution in [0.15, 0.2) is 66.7 Å². The number of hydrogen-bond donors (Lipinski definition) is 2. The number of anilines is 2. The van der Waals surface area contributed by atoms with E-state index < -0.39 is 0 Å². The average Bonchev–Trinajstić information content (AvgIpc) is 2.71. The fraction of sp³-hybridized carbons (Fsp3) is 0.125. The second-order valence-corrected chi connectivity index (χ2v) is 6.87. The molecule has 5 nitrogen and oxygen atoms in total. The van der Waals surface area contributed by atoms with Gasteiger partial charge < -0.3 is 10.6 Å². The van der Waals surface area contributed by atoms with Crippen molar-refractivity contribution in [3.63, 3.8) is 0 Å². The molecule has 0 saturated heterocycles. The van der Waals surface area contributed by atoms with Crippen molar-refractivity contribution >= 4 is 29.0 Å². The van der Waals surface area contributed by atoms with Crippen LogP contribution in [0.2, 0.25) is 0 Å². The van der Waals surface area contributed by atoms with Gasteiger partial charge in [0.1, 0.15) is 0 Å². The van der Waals surface area contributed by atoms with Crippen LogP contribution in [0.4, 0.5) is 11.4 Å². The van der Waals surface area contributed by atoms with Gasteiger partial charge in [0.05, 0.1) is 0 Å². The topological polar surface area (TPSA) is 75.3 Å². The monoisotopic (exact) mass is 386 g/mol. The molecule has 0 atom stereocenters. The van der Waals surface area contributed by atoms with Gasteiger partial charge in [0.25, 0.3) is 11.8 Å². The summed E-state index contributed by atoms with van der Waals surface area (Å²) in [5.74, 6) is -0.618. The van der Waals surface area contributed by atoms with Gasteiger partial charge in [-0.05, 0) is 74.4 Å². The van der Waals surface area contributed by atoms with Crippen molar-refractivity contribution in [1.29, 1.82) is 0 Å². The third kappa shape index (κ3) is 4.76. The summed E-state index contributed by atoms with van der Waals surface area (Å²) in [5, 5.41) is 5.67. The van der Waals surface area contributed by atoms with Gasteiger partial charge in [0, 0.05) is 28.1 Å². The lowest BCUT2D eigenvalue weighted by Crippen LogP contribution is -2.15. The first-order valence-corrected chi connectivity index (χ1v) is 9.25. The van der Waals surface area contributed by atoms with Gasteiger partial charge in [-0.15, -0.1) is 0 Å². The van der Waals surface area contributed by atoms with E-state index in [-0.39, 0.29) is 17.6 Å². The molecule has 0 heterocycles. The van der Waals surface area contributed by atoms with Gasteiger partial charge >= 0.3 is 0 Å². The Morgan fingerprint density at radius 1 is 0.690 bits per heavy atom. The summed E-state index contributed by atoms with van der Waals surface area (Å²) in [4.78, 5) is 36.4. The molecule has 29 heavy (non-hydrogen) atoms. The lowest BCUT2D eigenvalue weighted by atomic mass is 10.1. The number of benzene rings is 3. The summed E-state index contributed by atoms with van der Waals surface area (Å²) < 4.78 is 0. The molecule has 0 saturated carbocycles. The molecule has 0 aliphatic rings. The molecule has 0 radical (unpaired) electrons. The standard InChI is InChI=1S/C24H22N2O3/c1-15-6-4-9-22(16(15)2)26-24(29)19-12-10-18(11-13-19)23(28)25-21-8-5-7-20(14-21)17(3)27/h4-14H,1-3H3,(H,25,28)(H,26,29). The van der Waals surface area contributed by atoms with Crippen molar-refractivity contribution in [3.05, 3.63) is 94.5 Å². The second kappa shape index (κ2) is 8.52. The number of carbonyl (C=O) groups is 3.